The van der Waals surface area contributed by atoms with Gasteiger partial charge in [-0.05, 0) is 17.2 Å². The van der Waals surface area contributed by atoms with E-state index in [0.717, 1.165) is 0 Å². The first kappa shape index (κ1) is 12.4. The first-order valence-electron chi connectivity index (χ1n) is 4.37. The van der Waals surface area contributed by atoms with Crippen LogP contribution in [0.1, 0.15) is 5.56 Å². The molecule has 0 saturated carbocycles. The minimum atomic E-state index is -1.29. The van der Waals surface area contributed by atoms with Crippen LogP contribution in [0.4, 0.5) is 13.2 Å². The van der Waals surface area contributed by atoms with E-state index in [4.69, 9.17) is 5.53 Å². The predicted octanol–water partition coefficient (Wildman–Crippen LogP) is 2.32. The second kappa shape index (κ2) is 5.39. The maximum absolute atomic E-state index is 13.1. The van der Waals surface area contributed by atoms with Crippen molar-refractivity contribution in [3.63, 3.8) is 0 Å². The molecule has 0 bridgehead atoms. The molecule has 0 spiro atoms. The topological polar surface area (TPSA) is 69.0 Å². The normalized spacial score (nSPS) is 12.0. The van der Waals surface area contributed by atoms with Crippen molar-refractivity contribution in [3.05, 3.63) is 45.6 Å². The van der Waals surface area contributed by atoms with E-state index < -0.39 is 23.6 Å². The zero-order valence-corrected chi connectivity index (χ0v) is 8.07. The molecule has 0 aliphatic rings. The summed E-state index contributed by atoms with van der Waals surface area (Å²) in [6.07, 6.45) is -1.38. The van der Waals surface area contributed by atoms with Crippen LogP contribution in [0.2, 0.25) is 0 Å². The molecule has 0 aromatic heterocycles. The van der Waals surface area contributed by atoms with Gasteiger partial charge in [0.15, 0.2) is 11.6 Å². The maximum atomic E-state index is 13.1. The van der Waals surface area contributed by atoms with Crippen LogP contribution in [0.3, 0.4) is 0 Å². The first-order valence-corrected chi connectivity index (χ1v) is 4.37. The third kappa shape index (κ3) is 3.15. The van der Waals surface area contributed by atoms with Crippen molar-refractivity contribution in [1.29, 1.82) is 0 Å². The van der Waals surface area contributed by atoms with Gasteiger partial charge in [-0.3, -0.25) is 0 Å². The quantitative estimate of drug-likeness (QED) is 0.367. The number of aliphatic hydroxyl groups excluding tert-OH is 1. The van der Waals surface area contributed by atoms with Gasteiger partial charge in [-0.1, -0.05) is 5.11 Å². The summed E-state index contributed by atoms with van der Waals surface area (Å²) in [5, 5.41) is 12.3. The Morgan fingerprint density at radius 2 is 1.88 bits per heavy atom. The third-order valence-electron chi connectivity index (χ3n) is 1.90. The van der Waals surface area contributed by atoms with Crippen molar-refractivity contribution >= 4 is 0 Å². The molecule has 0 amide bonds. The Morgan fingerprint density at radius 1 is 1.25 bits per heavy atom. The Hall–Kier alpha value is -1.72. The van der Waals surface area contributed by atoms with Gasteiger partial charge < -0.3 is 5.11 Å². The number of benzene rings is 1. The zero-order chi connectivity index (χ0) is 12.1. The lowest BCUT2D eigenvalue weighted by Crippen LogP contribution is -2.15. The van der Waals surface area contributed by atoms with Crippen LogP contribution in [-0.4, -0.2) is 17.8 Å². The molecule has 0 aliphatic heterocycles. The number of rotatable bonds is 4. The highest BCUT2D eigenvalue weighted by atomic mass is 19.2. The Kier molecular flexibility index (Phi) is 4.16. The van der Waals surface area contributed by atoms with Gasteiger partial charge in [0, 0.05) is 17.4 Å². The highest BCUT2D eigenvalue weighted by molar-refractivity contribution is 5.20. The van der Waals surface area contributed by atoms with Crippen molar-refractivity contribution in [2.45, 2.75) is 12.5 Å². The van der Waals surface area contributed by atoms with E-state index in [0.29, 0.717) is 12.1 Å². The summed E-state index contributed by atoms with van der Waals surface area (Å²) in [5.74, 6) is -3.42. The molecule has 1 aromatic rings. The molecular formula is C9H8F3N3O. The van der Waals surface area contributed by atoms with Crippen LogP contribution in [-0.2, 0) is 6.42 Å². The van der Waals surface area contributed by atoms with Gasteiger partial charge in [0.2, 0.25) is 0 Å². The van der Waals surface area contributed by atoms with Crippen molar-refractivity contribution in [2.24, 2.45) is 5.11 Å². The molecule has 16 heavy (non-hydrogen) atoms. The summed E-state index contributed by atoms with van der Waals surface area (Å²) >= 11 is 0. The van der Waals surface area contributed by atoms with Crippen LogP contribution in [0.15, 0.2) is 17.2 Å². The molecule has 0 unspecified atom stereocenters. The van der Waals surface area contributed by atoms with E-state index in [9.17, 15) is 18.3 Å². The third-order valence-corrected chi connectivity index (χ3v) is 1.90. The molecule has 4 nitrogen and oxygen atoms in total. The highest BCUT2D eigenvalue weighted by Gasteiger charge is 2.13. The zero-order valence-electron chi connectivity index (χ0n) is 8.07. The number of aliphatic hydroxyl groups is 1. The highest BCUT2D eigenvalue weighted by Crippen LogP contribution is 2.15. The summed E-state index contributed by atoms with van der Waals surface area (Å²) < 4.78 is 38.4. The molecule has 0 fully saturated rings. The number of nitrogens with zero attached hydrogens (tertiary/aromatic N) is 3. The number of hydrogen-bond acceptors (Lipinski definition) is 2. The lowest BCUT2D eigenvalue weighted by atomic mass is 10.1. The lowest BCUT2D eigenvalue weighted by molar-refractivity contribution is 0.182. The molecule has 0 aliphatic carbocycles. The van der Waals surface area contributed by atoms with Crippen LogP contribution in [0.5, 0.6) is 0 Å². The molecule has 0 heterocycles. The molecule has 1 rings (SSSR count). The second-order valence-electron chi connectivity index (χ2n) is 3.13. The standard InChI is InChI=1S/C9H8F3N3O/c10-7-3-9(12)8(11)2-5(7)1-6(16)4-14-15-13/h2-3,6,16H,1,4H2/t6-/m0/s1. The number of azide groups is 1. The minimum absolute atomic E-state index is 0.167. The Labute approximate surface area is 89.0 Å². The molecule has 1 aromatic carbocycles. The summed E-state index contributed by atoms with van der Waals surface area (Å²) in [6, 6.07) is 1.08. The Morgan fingerprint density at radius 3 is 2.50 bits per heavy atom. The molecular weight excluding hydrogens is 223 g/mol. The predicted molar refractivity (Wildman–Crippen MR) is 50.0 cm³/mol. The summed E-state index contributed by atoms with van der Waals surface area (Å²) in [4.78, 5) is 2.41. The molecule has 7 heteroatoms. The van der Waals surface area contributed by atoms with E-state index in [2.05, 4.69) is 10.0 Å². The summed E-state index contributed by atoms with van der Waals surface area (Å²) in [7, 11) is 0. The van der Waals surface area contributed by atoms with E-state index in [1.807, 2.05) is 0 Å². The SMILES string of the molecule is [N-]=[N+]=NC[C@@H](O)Cc1cc(F)c(F)cc1F. The van der Waals surface area contributed by atoms with Gasteiger partial charge >= 0.3 is 0 Å². The smallest absolute Gasteiger partial charge is 0.161 e. The minimum Gasteiger partial charge on any atom is -0.393 e. The van der Waals surface area contributed by atoms with Gasteiger partial charge in [-0.2, -0.15) is 0 Å². The Bertz CT molecular complexity index is 432. The first-order chi connectivity index (χ1) is 7.54. The molecule has 0 radical (unpaired) electrons. The van der Waals surface area contributed by atoms with E-state index in [1.165, 1.54) is 0 Å². The monoisotopic (exact) mass is 231 g/mol. The average molecular weight is 231 g/mol. The van der Waals surface area contributed by atoms with Crippen LogP contribution in [0.25, 0.3) is 10.4 Å². The van der Waals surface area contributed by atoms with E-state index in [1.54, 1.807) is 0 Å². The lowest BCUT2D eigenvalue weighted by Gasteiger charge is -2.08. The summed E-state index contributed by atoms with van der Waals surface area (Å²) in [5.41, 5.74) is 7.81. The molecule has 86 valence electrons. The largest absolute Gasteiger partial charge is 0.393 e. The average Bonchev–Trinajstić information content (AvgIpc) is 2.23. The number of halogens is 3. The van der Waals surface area contributed by atoms with Gasteiger partial charge in [-0.15, -0.1) is 0 Å². The molecule has 1 N–H and O–H groups in total. The Balaban J connectivity index is 2.80. The van der Waals surface area contributed by atoms with Crippen LogP contribution < -0.4 is 0 Å². The van der Waals surface area contributed by atoms with Crippen molar-refractivity contribution < 1.29 is 18.3 Å². The van der Waals surface area contributed by atoms with Crippen molar-refractivity contribution in [2.75, 3.05) is 6.54 Å². The van der Waals surface area contributed by atoms with Gasteiger partial charge in [0.05, 0.1) is 12.6 Å². The molecule has 0 saturated heterocycles. The maximum Gasteiger partial charge on any atom is 0.161 e. The summed E-state index contributed by atoms with van der Waals surface area (Å²) in [6.45, 7) is -0.255. The number of hydrogen-bond donors (Lipinski definition) is 1. The van der Waals surface area contributed by atoms with Gasteiger partial charge in [-0.25, -0.2) is 13.2 Å². The van der Waals surface area contributed by atoms with Crippen molar-refractivity contribution in [3.8, 4) is 0 Å². The fraction of sp³-hybridized carbons (Fsp3) is 0.333. The van der Waals surface area contributed by atoms with Gasteiger partial charge in [0.1, 0.15) is 5.82 Å². The van der Waals surface area contributed by atoms with Crippen molar-refractivity contribution in [1.82, 2.24) is 0 Å². The van der Waals surface area contributed by atoms with Crippen LogP contribution >= 0.6 is 0 Å². The van der Waals surface area contributed by atoms with Gasteiger partial charge in [0.25, 0.3) is 0 Å². The second-order valence-corrected chi connectivity index (χ2v) is 3.13. The fourth-order valence-corrected chi connectivity index (χ4v) is 1.17. The van der Waals surface area contributed by atoms with E-state index >= 15 is 0 Å². The fourth-order valence-electron chi connectivity index (χ4n) is 1.17. The van der Waals surface area contributed by atoms with E-state index in [-0.39, 0.29) is 18.5 Å². The van der Waals surface area contributed by atoms with Crippen LogP contribution in [0, 0.1) is 17.5 Å². The molecule has 1 atom stereocenters.